The molecular formula is C14H14N4O2. The molecule has 0 saturated heterocycles. The fraction of sp³-hybridized carbons (Fsp3) is 0.214. The highest BCUT2D eigenvalue weighted by molar-refractivity contribution is 5.92. The van der Waals surface area contributed by atoms with Crippen LogP contribution in [0.3, 0.4) is 0 Å². The molecule has 0 fully saturated rings. The van der Waals surface area contributed by atoms with Gasteiger partial charge in [0.2, 0.25) is 0 Å². The van der Waals surface area contributed by atoms with Crippen molar-refractivity contribution in [2.45, 2.75) is 6.54 Å². The maximum atomic E-state index is 12.4. The molecule has 6 heteroatoms. The lowest BCUT2D eigenvalue weighted by Gasteiger charge is -2.18. The number of hydrogen-bond acceptors (Lipinski definition) is 5. The Morgan fingerprint density at radius 1 is 1.20 bits per heavy atom. The Labute approximate surface area is 116 Å². The molecular weight excluding hydrogens is 256 g/mol. The summed E-state index contributed by atoms with van der Waals surface area (Å²) in [5.74, 6) is 0.954. The van der Waals surface area contributed by atoms with Gasteiger partial charge < -0.3 is 15.4 Å². The number of nitrogens with zero attached hydrogens (tertiary/aromatic N) is 3. The minimum absolute atomic E-state index is 0.169. The van der Waals surface area contributed by atoms with Gasteiger partial charge in [-0.15, -0.1) is 10.2 Å². The van der Waals surface area contributed by atoms with Gasteiger partial charge in [-0.2, -0.15) is 0 Å². The minimum atomic E-state index is -0.169. The Kier molecular flexibility index (Phi) is 3.20. The number of fused-ring (bicyclic) bond motifs is 1. The molecule has 0 saturated carbocycles. The molecule has 3 rings (SSSR count). The van der Waals surface area contributed by atoms with Crippen LogP contribution in [0.2, 0.25) is 0 Å². The molecule has 0 atom stereocenters. The van der Waals surface area contributed by atoms with Gasteiger partial charge in [0.15, 0.2) is 5.69 Å². The number of nitrogens with two attached hydrogens (primary N) is 1. The lowest BCUT2D eigenvalue weighted by molar-refractivity contribution is 0.0726. The second-order valence-electron chi connectivity index (χ2n) is 4.53. The van der Waals surface area contributed by atoms with Gasteiger partial charge in [0.1, 0.15) is 18.2 Å². The van der Waals surface area contributed by atoms with Crippen molar-refractivity contribution < 1.29 is 9.53 Å². The topological polar surface area (TPSA) is 81.3 Å². The minimum Gasteiger partial charge on any atom is -0.491 e. The lowest BCUT2D eigenvalue weighted by atomic mass is 10.2. The molecule has 0 unspecified atom stereocenters. The zero-order chi connectivity index (χ0) is 13.9. The molecule has 20 heavy (non-hydrogen) atoms. The number of carbonyl (C=O) groups excluding carboxylic acids is 1. The number of para-hydroxylation sites is 1. The summed E-state index contributed by atoms with van der Waals surface area (Å²) in [4.78, 5) is 14.1. The van der Waals surface area contributed by atoms with Crippen molar-refractivity contribution in [3.63, 3.8) is 0 Å². The van der Waals surface area contributed by atoms with E-state index in [2.05, 4.69) is 10.2 Å². The predicted molar refractivity (Wildman–Crippen MR) is 73.1 cm³/mol. The molecule has 2 N–H and O–H groups in total. The summed E-state index contributed by atoms with van der Waals surface area (Å²) in [7, 11) is 0. The third-order valence-electron chi connectivity index (χ3n) is 3.14. The van der Waals surface area contributed by atoms with E-state index < -0.39 is 0 Å². The molecule has 102 valence electrons. The molecule has 1 aromatic carbocycles. The molecule has 2 aromatic rings. The van der Waals surface area contributed by atoms with Crippen molar-refractivity contribution in [3.05, 3.63) is 47.7 Å². The molecule has 0 bridgehead atoms. The van der Waals surface area contributed by atoms with E-state index in [1.165, 1.54) is 0 Å². The van der Waals surface area contributed by atoms with Crippen LogP contribution < -0.4 is 10.5 Å². The normalized spacial score (nSPS) is 14.1. The molecule has 0 aliphatic carbocycles. The van der Waals surface area contributed by atoms with Crippen LogP contribution in [0.25, 0.3) is 0 Å². The Hall–Kier alpha value is -2.63. The van der Waals surface area contributed by atoms with E-state index in [4.69, 9.17) is 10.5 Å². The number of carbonyl (C=O) groups is 1. The SMILES string of the molecule is Nc1ccc(C(=O)N2CCOc3ccccc3C2)nn1. The first-order chi connectivity index (χ1) is 9.74. The van der Waals surface area contributed by atoms with Crippen molar-refractivity contribution in [2.75, 3.05) is 18.9 Å². The van der Waals surface area contributed by atoms with Crippen LogP contribution in [-0.2, 0) is 6.54 Å². The van der Waals surface area contributed by atoms with Gasteiger partial charge in [-0.3, -0.25) is 4.79 Å². The largest absolute Gasteiger partial charge is 0.491 e. The van der Waals surface area contributed by atoms with Gasteiger partial charge >= 0.3 is 0 Å². The quantitative estimate of drug-likeness (QED) is 0.839. The summed E-state index contributed by atoms with van der Waals surface area (Å²) in [6.45, 7) is 1.48. The number of aromatic nitrogens is 2. The van der Waals surface area contributed by atoms with Crippen LogP contribution in [-0.4, -0.2) is 34.2 Å². The second-order valence-corrected chi connectivity index (χ2v) is 4.53. The maximum absolute atomic E-state index is 12.4. The number of ether oxygens (including phenoxy) is 1. The first-order valence-electron chi connectivity index (χ1n) is 6.33. The number of anilines is 1. The summed E-state index contributed by atoms with van der Waals surface area (Å²) in [5, 5.41) is 7.54. The van der Waals surface area contributed by atoms with Gasteiger partial charge in [-0.1, -0.05) is 18.2 Å². The van der Waals surface area contributed by atoms with E-state index in [0.717, 1.165) is 11.3 Å². The van der Waals surface area contributed by atoms with E-state index in [0.29, 0.717) is 31.2 Å². The van der Waals surface area contributed by atoms with Crippen LogP contribution in [0, 0.1) is 0 Å². The van der Waals surface area contributed by atoms with E-state index >= 15 is 0 Å². The number of nitrogen functional groups attached to an aromatic ring is 1. The van der Waals surface area contributed by atoms with Crippen LogP contribution in [0.4, 0.5) is 5.82 Å². The number of hydrogen-bond donors (Lipinski definition) is 1. The second kappa shape index (κ2) is 5.16. The smallest absolute Gasteiger partial charge is 0.274 e. The van der Waals surface area contributed by atoms with Crippen molar-refractivity contribution >= 4 is 11.7 Å². The van der Waals surface area contributed by atoms with Crippen molar-refractivity contribution in [3.8, 4) is 5.75 Å². The van der Waals surface area contributed by atoms with E-state index in [1.807, 2.05) is 24.3 Å². The standard InChI is InChI=1S/C14H14N4O2/c15-13-6-5-11(16-17-13)14(19)18-7-8-20-12-4-2-1-3-10(12)9-18/h1-6H,7-9H2,(H2,15,17). The average molecular weight is 270 g/mol. The predicted octanol–water partition coefficient (Wildman–Crippen LogP) is 1.09. The van der Waals surface area contributed by atoms with Crippen LogP contribution >= 0.6 is 0 Å². The fourth-order valence-electron chi connectivity index (χ4n) is 2.12. The van der Waals surface area contributed by atoms with Crippen LogP contribution in [0.15, 0.2) is 36.4 Å². The third-order valence-corrected chi connectivity index (χ3v) is 3.14. The Morgan fingerprint density at radius 2 is 2.05 bits per heavy atom. The highest BCUT2D eigenvalue weighted by atomic mass is 16.5. The number of benzene rings is 1. The van der Waals surface area contributed by atoms with Gasteiger partial charge in [-0.25, -0.2) is 0 Å². The van der Waals surface area contributed by atoms with Crippen molar-refractivity contribution in [1.29, 1.82) is 0 Å². The summed E-state index contributed by atoms with van der Waals surface area (Å²) < 4.78 is 5.63. The Morgan fingerprint density at radius 3 is 2.85 bits per heavy atom. The zero-order valence-corrected chi connectivity index (χ0v) is 10.8. The van der Waals surface area contributed by atoms with E-state index in [-0.39, 0.29) is 5.91 Å². The fourth-order valence-corrected chi connectivity index (χ4v) is 2.12. The molecule has 0 radical (unpaired) electrons. The molecule has 6 nitrogen and oxygen atoms in total. The monoisotopic (exact) mass is 270 g/mol. The first kappa shape index (κ1) is 12.4. The van der Waals surface area contributed by atoms with Gasteiger partial charge in [0, 0.05) is 12.1 Å². The zero-order valence-electron chi connectivity index (χ0n) is 10.8. The molecule has 1 aliphatic rings. The van der Waals surface area contributed by atoms with E-state index in [9.17, 15) is 4.79 Å². The van der Waals surface area contributed by atoms with E-state index in [1.54, 1.807) is 17.0 Å². The van der Waals surface area contributed by atoms with Crippen molar-refractivity contribution in [1.82, 2.24) is 15.1 Å². The molecule has 1 amide bonds. The Bertz CT molecular complexity index is 627. The van der Waals surface area contributed by atoms with Crippen LogP contribution in [0.5, 0.6) is 5.75 Å². The molecule has 0 spiro atoms. The highest BCUT2D eigenvalue weighted by Crippen LogP contribution is 2.23. The van der Waals surface area contributed by atoms with Gasteiger partial charge in [0.25, 0.3) is 5.91 Å². The summed E-state index contributed by atoms with van der Waals surface area (Å²) in [6, 6.07) is 10.9. The van der Waals surface area contributed by atoms with Crippen LogP contribution in [0.1, 0.15) is 16.1 Å². The highest BCUT2D eigenvalue weighted by Gasteiger charge is 2.21. The molecule has 1 aromatic heterocycles. The number of rotatable bonds is 1. The average Bonchev–Trinajstić information content (AvgIpc) is 2.69. The first-order valence-corrected chi connectivity index (χ1v) is 6.33. The third kappa shape index (κ3) is 2.40. The maximum Gasteiger partial charge on any atom is 0.274 e. The summed E-state index contributed by atoms with van der Waals surface area (Å²) in [6.07, 6.45) is 0. The van der Waals surface area contributed by atoms with Crippen molar-refractivity contribution in [2.24, 2.45) is 0 Å². The summed E-state index contributed by atoms with van der Waals surface area (Å²) in [5.41, 5.74) is 6.75. The van der Waals surface area contributed by atoms with Gasteiger partial charge in [0.05, 0.1) is 6.54 Å². The van der Waals surface area contributed by atoms with Gasteiger partial charge in [-0.05, 0) is 18.2 Å². The number of amides is 1. The lowest BCUT2D eigenvalue weighted by Crippen LogP contribution is -2.33. The summed E-state index contributed by atoms with van der Waals surface area (Å²) >= 11 is 0. The molecule has 2 heterocycles. The molecule has 1 aliphatic heterocycles. The Balaban J connectivity index is 1.84.